The van der Waals surface area contributed by atoms with Crippen LogP contribution in [-0.4, -0.2) is 34.5 Å². The molecule has 4 aliphatic rings. The molecule has 0 saturated heterocycles. The van der Waals surface area contributed by atoms with Crippen LogP contribution >= 0.6 is 0 Å². The molecule has 27 rings (SSSR count). The SMILES string of the molecule is CC1(C)c2ccccc2-c2cc3c4ccccc4n(-c4cccc(-c5nc(-c6ccccc6)nc(-c6ccccc6)n5)c4)c3cc21.CC1(C)c2ccccc2-c2ccc(N(c3ccc4c(c3)C3(c5ccccc5-c5ccccc53)c3ccccc3-4)c3ccccc3-c3ccccc3)cc21.Cc1cc(-c2[c-]cccc2)ncc1-c1ccccc1.[Ir+3].[c-]1ccccc1-c1ccccn1.[c-]1ccccc1-c1ccccn1. The maximum absolute atomic E-state index is 5.00. The van der Waals surface area contributed by atoms with E-state index in [-0.39, 0.29) is 30.9 Å². The molecule has 682 valence electrons. The third-order valence-corrected chi connectivity index (χ3v) is 28.2. The van der Waals surface area contributed by atoms with Crippen LogP contribution in [0.5, 0.6) is 0 Å². The summed E-state index contributed by atoms with van der Waals surface area (Å²) in [6.45, 7) is 11.5. The zero-order valence-electron chi connectivity index (χ0n) is 79.8. The number of hydrogen-bond acceptors (Lipinski definition) is 7. The Morgan fingerprint density at radius 1 is 0.252 bits per heavy atom. The van der Waals surface area contributed by atoms with Crippen LogP contribution in [0.1, 0.15) is 77.8 Å². The van der Waals surface area contributed by atoms with Crippen molar-refractivity contribution < 1.29 is 20.1 Å². The average Bonchev–Trinajstić information content (AvgIpc) is 1.50. The summed E-state index contributed by atoms with van der Waals surface area (Å²) in [5.74, 6) is 1.96. The molecule has 0 fully saturated rings. The van der Waals surface area contributed by atoms with Crippen LogP contribution in [0.4, 0.5) is 17.1 Å². The third kappa shape index (κ3) is 17.0. The van der Waals surface area contributed by atoms with Crippen molar-refractivity contribution in [3.63, 3.8) is 0 Å². The molecule has 4 aliphatic carbocycles. The van der Waals surface area contributed by atoms with E-state index in [0.717, 1.165) is 73.2 Å². The van der Waals surface area contributed by atoms with E-state index in [9.17, 15) is 0 Å². The molecule has 18 aromatic carbocycles. The molecule has 9 heteroatoms. The van der Waals surface area contributed by atoms with Crippen molar-refractivity contribution in [3.8, 4) is 140 Å². The van der Waals surface area contributed by atoms with Crippen LogP contribution in [0.25, 0.3) is 162 Å². The number of aryl methyl sites for hydroxylation is 1. The van der Waals surface area contributed by atoms with Crippen LogP contribution in [0.2, 0.25) is 0 Å². The van der Waals surface area contributed by atoms with Gasteiger partial charge in [-0.15, -0.1) is 108 Å². The Labute approximate surface area is 849 Å². The number of fused-ring (bicyclic) bond motifs is 19. The van der Waals surface area contributed by atoms with Gasteiger partial charge in [-0.1, -0.05) is 361 Å². The van der Waals surface area contributed by atoms with Gasteiger partial charge in [-0.2, -0.15) is 0 Å². The third-order valence-electron chi connectivity index (χ3n) is 28.2. The van der Waals surface area contributed by atoms with Gasteiger partial charge in [0.05, 0.1) is 22.1 Å². The fourth-order valence-corrected chi connectivity index (χ4v) is 21.5. The Hall–Kier alpha value is -17.3. The summed E-state index contributed by atoms with van der Waals surface area (Å²) >= 11 is 0. The van der Waals surface area contributed by atoms with Crippen molar-refractivity contribution in [2.45, 2.75) is 50.9 Å². The summed E-state index contributed by atoms with van der Waals surface area (Å²) in [5, 5.41) is 2.50. The molecule has 0 saturated carbocycles. The second-order valence-electron chi connectivity index (χ2n) is 37.3. The zero-order valence-corrected chi connectivity index (χ0v) is 82.1. The van der Waals surface area contributed by atoms with Gasteiger partial charge in [0.15, 0.2) is 17.5 Å². The van der Waals surface area contributed by atoms with Crippen molar-refractivity contribution in [3.05, 3.63) is 566 Å². The molecule has 0 aliphatic heterocycles. The van der Waals surface area contributed by atoms with E-state index in [4.69, 9.17) is 15.0 Å². The first-order valence-electron chi connectivity index (χ1n) is 48.4. The number of benzene rings is 18. The number of pyridine rings is 3. The molecular formula is C134H97IrN8. The molecule has 8 nitrogen and oxygen atoms in total. The Kier molecular flexibility index (Phi) is 24.9. The van der Waals surface area contributed by atoms with E-state index in [1.165, 1.54) is 139 Å². The molecule has 0 radical (unpaired) electrons. The van der Waals surface area contributed by atoms with Crippen LogP contribution in [0.15, 0.2) is 498 Å². The van der Waals surface area contributed by atoms with Crippen molar-refractivity contribution in [1.82, 2.24) is 34.5 Å². The zero-order chi connectivity index (χ0) is 95.7. The first-order valence-corrected chi connectivity index (χ1v) is 48.4. The van der Waals surface area contributed by atoms with Crippen LogP contribution in [0.3, 0.4) is 0 Å². The second kappa shape index (κ2) is 39.2. The van der Waals surface area contributed by atoms with Gasteiger partial charge >= 0.3 is 20.1 Å². The number of anilines is 3. The van der Waals surface area contributed by atoms with Crippen LogP contribution in [-0.2, 0) is 36.4 Å². The largest absolute Gasteiger partial charge is 3.00 e. The van der Waals surface area contributed by atoms with Gasteiger partial charge in [-0.3, -0.25) is 0 Å². The van der Waals surface area contributed by atoms with Gasteiger partial charge in [-0.25, -0.2) is 15.0 Å². The van der Waals surface area contributed by atoms with E-state index in [1.54, 1.807) is 12.4 Å². The summed E-state index contributed by atoms with van der Waals surface area (Å²) in [5.41, 5.74) is 42.7. The molecule has 0 bridgehead atoms. The second-order valence-corrected chi connectivity index (χ2v) is 37.3. The molecule has 0 unspecified atom stereocenters. The summed E-state index contributed by atoms with van der Waals surface area (Å²) in [4.78, 5) is 30.4. The first kappa shape index (κ1) is 90.8. The molecule has 5 heterocycles. The van der Waals surface area contributed by atoms with E-state index in [0.29, 0.717) is 17.5 Å². The first-order chi connectivity index (χ1) is 69.9. The minimum Gasteiger partial charge on any atom is -0.310 e. The van der Waals surface area contributed by atoms with Gasteiger partial charge in [0.2, 0.25) is 0 Å². The van der Waals surface area contributed by atoms with Gasteiger partial charge in [0.1, 0.15) is 0 Å². The molecule has 143 heavy (non-hydrogen) atoms. The molecular weight excluding hydrogens is 1910 g/mol. The average molecular weight is 2010 g/mol. The molecule has 23 aromatic rings. The Morgan fingerprint density at radius 3 is 1.13 bits per heavy atom. The maximum Gasteiger partial charge on any atom is 3.00 e. The standard InChI is InChI=1S/C52H37N.C42H30N4.C18H14N.2C11H8N.Ir/c1-51(2)44-23-11-6-19-38(44)42-30-28-35(32-48(42)51)53(50-27-15-10-18-37(50)34-16-4-3-5-17-34)36-29-31-43-41-22-9-14-26-47(41)52(49(43)33-36)45-24-12-7-20-39(45)40-21-8-13-25-46(40)52;1-42(2)35-22-11-9-20-31(35)33-25-34-32-21-10-12-23-37(32)46(38(34)26-36(33)42)30-19-13-18-29(24-30)41-44-39(27-14-5-3-6-15-27)43-40(45-41)28-16-7-4-8-17-28;1-14-12-18(16-10-6-3-7-11-16)19-13-17(14)15-8-4-2-5-9-15;2*1-2-6-10(7-3-1)11-8-4-5-9-12-11;/h3-33H,1-2H3;3-26H,1-2H3;2-10,12-13H,1H3;2*1-6,8-9H;/q;;3*-1;+3. The Bertz CT molecular complexity index is 8300. The maximum atomic E-state index is 5.00. The Morgan fingerprint density at radius 2 is 0.636 bits per heavy atom. The normalized spacial score (nSPS) is 12.6. The minimum atomic E-state index is -0.415. The summed E-state index contributed by atoms with van der Waals surface area (Å²) < 4.78 is 2.39. The number of para-hydroxylation sites is 2. The van der Waals surface area contributed by atoms with Crippen molar-refractivity contribution >= 4 is 38.9 Å². The molecule has 1 spiro atoms. The van der Waals surface area contributed by atoms with E-state index in [2.05, 4.69) is 368 Å². The smallest absolute Gasteiger partial charge is 0.310 e. The predicted octanol–water partition coefficient (Wildman–Crippen LogP) is 33.4. The molecule has 0 atom stereocenters. The number of nitrogens with zero attached hydrogens (tertiary/aromatic N) is 8. The quantitative estimate of drug-likeness (QED) is 0.113. The summed E-state index contributed by atoms with van der Waals surface area (Å²) in [6.07, 6.45) is 5.52. The van der Waals surface area contributed by atoms with Gasteiger partial charge in [0, 0.05) is 85.1 Å². The Balaban J connectivity index is 0.000000116. The number of rotatable bonds is 12. The van der Waals surface area contributed by atoms with Crippen molar-refractivity contribution in [2.24, 2.45) is 0 Å². The minimum absolute atomic E-state index is 0. The van der Waals surface area contributed by atoms with Crippen LogP contribution in [0, 0.1) is 25.1 Å². The van der Waals surface area contributed by atoms with Crippen molar-refractivity contribution in [1.29, 1.82) is 0 Å². The molecule has 5 aromatic heterocycles. The molecule has 0 amide bonds. The number of aromatic nitrogens is 7. The topological polar surface area (TPSA) is 85.5 Å². The molecule has 0 N–H and O–H groups in total. The predicted molar refractivity (Wildman–Crippen MR) is 584 cm³/mol. The summed E-state index contributed by atoms with van der Waals surface area (Å²) in [6, 6.07) is 179. The fraction of sp³-hybridized carbons (Fsp3) is 0.0597. The number of hydrogen-bond donors (Lipinski definition) is 0. The van der Waals surface area contributed by atoms with Gasteiger partial charge in [-0.05, 0) is 203 Å². The van der Waals surface area contributed by atoms with E-state index in [1.807, 2.05) is 194 Å². The monoisotopic (exact) mass is 2010 g/mol. The van der Waals surface area contributed by atoms with Crippen LogP contribution < -0.4 is 4.90 Å². The summed E-state index contributed by atoms with van der Waals surface area (Å²) in [7, 11) is 0. The van der Waals surface area contributed by atoms with Gasteiger partial charge in [0.25, 0.3) is 0 Å². The van der Waals surface area contributed by atoms with Gasteiger partial charge < -0.3 is 24.4 Å². The fourth-order valence-electron chi connectivity index (χ4n) is 21.5. The van der Waals surface area contributed by atoms with E-state index >= 15 is 0 Å². The van der Waals surface area contributed by atoms with Crippen molar-refractivity contribution in [2.75, 3.05) is 4.90 Å². The van der Waals surface area contributed by atoms with E-state index < -0.39 is 5.41 Å².